The molecule has 0 unspecified atom stereocenters. The van der Waals surface area contributed by atoms with E-state index in [2.05, 4.69) is 30.2 Å². The number of hydrogen-bond acceptors (Lipinski definition) is 2. The average Bonchev–Trinajstić information content (AvgIpc) is 2.04. The smallest absolute Gasteiger partial charge is 0.326 e. The van der Waals surface area contributed by atoms with Crippen LogP contribution in [0.3, 0.4) is 0 Å². The largest absolute Gasteiger partial charge is 1.00 e. The molecule has 0 N–H and O–H groups in total. The van der Waals surface area contributed by atoms with Crippen molar-refractivity contribution < 1.29 is 51.4 Å². The van der Waals surface area contributed by atoms with Gasteiger partial charge in [0.05, 0.1) is 0 Å². The Morgan fingerprint density at radius 3 is 2.15 bits per heavy atom. The van der Waals surface area contributed by atoms with Crippen molar-refractivity contribution in [3.8, 4) is 0 Å². The van der Waals surface area contributed by atoms with Gasteiger partial charge in [0.25, 0.3) is 0 Å². The van der Waals surface area contributed by atoms with Gasteiger partial charge >= 0.3 is 51.4 Å². The summed E-state index contributed by atoms with van der Waals surface area (Å²) >= 11 is 0. The molecule has 2 saturated heterocycles. The van der Waals surface area contributed by atoms with E-state index in [4.69, 9.17) is 0 Å². The molecule has 0 radical (unpaired) electrons. The number of hydrogen-bond donors (Lipinski definition) is 0. The summed E-state index contributed by atoms with van der Waals surface area (Å²) in [5, 5.41) is 0. The number of likely N-dealkylation sites (tertiary alicyclic amines) is 2. The zero-order valence-corrected chi connectivity index (χ0v) is 12.3. The fraction of sp³-hybridized carbons (Fsp3) is 0.900. The summed E-state index contributed by atoms with van der Waals surface area (Å²) in [7, 11) is 2.21. The minimum atomic E-state index is 0. The molecular formula is C10H19KN2. The van der Waals surface area contributed by atoms with E-state index in [1.165, 1.54) is 39.0 Å². The molecule has 0 aliphatic carbocycles. The van der Waals surface area contributed by atoms with Crippen LogP contribution in [0.4, 0.5) is 0 Å². The molecule has 0 spiro atoms. The van der Waals surface area contributed by atoms with Crippen LogP contribution >= 0.6 is 0 Å². The van der Waals surface area contributed by atoms with Gasteiger partial charge in [0.15, 0.2) is 0 Å². The van der Waals surface area contributed by atoms with E-state index < -0.39 is 0 Å². The molecule has 0 aromatic rings. The summed E-state index contributed by atoms with van der Waals surface area (Å²) < 4.78 is 0. The van der Waals surface area contributed by atoms with Crippen molar-refractivity contribution in [3.63, 3.8) is 0 Å². The Kier molecular flexibility index (Phi) is 4.91. The zero-order valence-electron chi connectivity index (χ0n) is 9.21. The van der Waals surface area contributed by atoms with Crippen LogP contribution in [0.5, 0.6) is 0 Å². The number of rotatable bonds is 1. The quantitative estimate of drug-likeness (QED) is 0.361. The molecule has 0 aromatic heterocycles. The SMILES string of the molecule is CN1CC(C)(N2CC[CH-]CC2)C1.[K+]. The second-order valence-electron chi connectivity index (χ2n) is 4.52. The molecule has 0 atom stereocenters. The fourth-order valence-corrected chi connectivity index (χ4v) is 2.61. The van der Waals surface area contributed by atoms with Crippen LogP contribution in [0.25, 0.3) is 0 Å². The van der Waals surface area contributed by atoms with Crippen molar-refractivity contribution in [2.24, 2.45) is 0 Å². The Hall–Kier alpha value is 1.56. The topological polar surface area (TPSA) is 6.48 Å². The van der Waals surface area contributed by atoms with E-state index in [0.29, 0.717) is 5.54 Å². The first-order chi connectivity index (χ1) is 5.71. The van der Waals surface area contributed by atoms with E-state index in [9.17, 15) is 0 Å². The first-order valence-electron chi connectivity index (χ1n) is 4.96. The summed E-state index contributed by atoms with van der Waals surface area (Å²) in [4.78, 5) is 5.06. The van der Waals surface area contributed by atoms with Crippen molar-refractivity contribution in [2.45, 2.75) is 25.3 Å². The Balaban J connectivity index is 0.000000845. The molecule has 0 aromatic carbocycles. The summed E-state index contributed by atoms with van der Waals surface area (Å²) in [5.41, 5.74) is 0.503. The van der Waals surface area contributed by atoms with Crippen LogP contribution in [0.1, 0.15) is 19.8 Å². The number of piperidine rings is 1. The van der Waals surface area contributed by atoms with Crippen molar-refractivity contribution in [1.29, 1.82) is 0 Å². The third kappa shape index (κ3) is 2.77. The zero-order chi connectivity index (χ0) is 8.60. The minimum Gasteiger partial charge on any atom is -0.326 e. The van der Waals surface area contributed by atoms with E-state index in [1.54, 1.807) is 0 Å². The van der Waals surface area contributed by atoms with Crippen LogP contribution in [-0.2, 0) is 0 Å². The third-order valence-electron chi connectivity index (χ3n) is 3.19. The monoisotopic (exact) mass is 206 g/mol. The molecule has 2 rings (SSSR count). The standard InChI is InChI=1S/C10H19N2.K/c1-10(8-11(2)9-10)12-6-4-3-5-7-12;/h3H,4-9H2,1-2H3;/q-1;+1. The molecule has 0 bridgehead atoms. The van der Waals surface area contributed by atoms with E-state index in [1.807, 2.05) is 0 Å². The Morgan fingerprint density at radius 2 is 1.69 bits per heavy atom. The van der Waals surface area contributed by atoms with Gasteiger partial charge in [0.1, 0.15) is 0 Å². The summed E-state index contributed by atoms with van der Waals surface area (Å²) in [6, 6.07) is 0. The van der Waals surface area contributed by atoms with Crippen LogP contribution in [0.2, 0.25) is 0 Å². The Bertz CT molecular complexity index is 160. The summed E-state index contributed by atoms with van der Waals surface area (Å²) in [5.74, 6) is 0. The summed E-state index contributed by atoms with van der Waals surface area (Å²) in [6.07, 6.45) is 5.00. The maximum atomic E-state index is 2.66. The first-order valence-corrected chi connectivity index (χ1v) is 4.96. The van der Waals surface area contributed by atoms with E-state index in [0.717, 1.165) is 0 Å². The van der Waals surface area contributed by atoms with Gasteiger partial charge in [-0.2, -0.15) is 12.8 Å². The molecule has 2 heterocycles. The van der Waals surface area contributed by atoms with E-state index >= 15 is 0 Å². The molecule has 2 aliphatic rings. The second kappa shape index (κ2) is 5.06. The molecule has 2 aliphatic heterocycles. The maximum absolute atomic E-state index is 2.66. The van der Waals surface area contributed by atoms with Gasteiger partial charge < -0.3 is 16.2 Å². The van der Waals surface area contributed by atoms with Crippen LogP contribution < -0.4 is 51.4 Å². The Labute approximate surface area is 124 Å². The molecule has 3 heteroatoms. The Morgan fingerprint density at radius 1 is 1.15 bits per heavy atom. The second-order valence-corrected chi connectivity index (χ2v) is 4.52. The fourth-order valence-electron chi connectivity index (χ4n) is 2.61. The predicted octanol–water partition coefficient (Wildman–Crippen LogP) is -2.01. The van der Waals surface area contributed by atoms with Crippen LogP contribution in [-0.4, -0.2) is 48.6 Å². The molecule has 2 nitrogen and oxygen atoms in total. The molecule has 2 fully saturated rings. The van der Waals surface area contributed by atoms with Crippen LogP contribution in [0, 0.1) is 6.42 Å². The van der Waals surface area contributed by atoms with Crippen molar-refractivity contribution in [3.05, 3.63) is 6.42 Å². The van der Waals surface area contributed by atoms with E-state index in [-0.39, 0.29) is 51.4 Å². The van der Waals surface area contributed by atoms with Gasteiger partial charge in [-0.15, -0.1) is 0 Å². The number of likely N-dealkylation sites (N-methyl/N-ethyl adjacent to an activating group) is 1. The predicted molar refractivity (Wildman–Crippen MR) is 51.0 cm³/mol. The number of nitrogens with zero attached hydrogens (tertiary/aromatic N) is 2. The molecule has 70 valence electrons. The van der Waals surface area contributed by atoms with Gasteiger partial charge in [-0.1, -0.05) is 0 Å². The molecule has 0 amide bonds. The third-order valence-corrected chi connectivity index (χ3v) is 3.19. The minimum absolute atomic E-state index is 0. The maximum Gasteiger partial charge on any atom is 1.00 e. The van der Waals surface area contributed by atoms with Gasteiger partial charge in [0, 0.05) is 18.6 Å². The average molecular weight is 206 g/mol. The van der Waals surface area contributed by atoms with Gasteiger partial charge in [-0.05, 0) is 27.1 Å². The van der Waals surface area contributed by atoms with Crippen molar-refractivity contribution in [2.75, 3.05) is 33.2 Å². The summed E-state index contributed by atoms with van der Waals surface area (Å²) in [6.45, 7) is 7.48. The van der Waals surface area contributed by atoms with Crippen LogP contribution in [0.15, 0.2) is 0 Å². The van der Waals surface area contributed by atoms with Gasteiger partial charge in [0.2, 0.25) is 0 Å². The molecule has 13 heavy (non-hydrogen) atoms. The molecular weight excluding hydrogens is 187 g/mol. The molecule has 0 saturated carbocycles. The van der Waals surface area contributed by atoms with Crippen molar-refractivity contribution in [1.82, 2.24) is 9.80 Å². The first kappa shape index (κ1) is 12.6. The van der Waals surface area contributed by atoms with Crippen molar-refractivity contribution >= 4 is 0 Å². The van der Waals surface area contributed by atoms with Gasteiger partial charge in [-0.3, -0.25) is 0 Å². The van der Waals surface area contributed by atoms with Gasteiger partial charge in [-0.25, -0.2) is 0 Å². The normalized spacial score (nSPS) is 29.1.